The van der Waals surface area contributed by atoms with Gasteiger partial charge >= 0.3 is 0 Å². The smallest absolute Gasteiger partial charge is 0.262 e. The molecule has 0 aliphatic heterocycles. The van der Waals surface area contributed by atoms with Gasteiger partial charge in [-0.3, -0.25) is 4.79 Å². The summed E-state index contributed by atoms with van der Waals surface area (Å²) in [4.78, 5) is 11.9. The van der Waals surface area contributed by atoms with E-state index >= 15 is 0 Å². The van der Waals surface area contributed by atoms with Crippen LogP contribution in [0.15, 0.2) is 48.5 Å². The molecule has 0 aliphatic carbocycles. The molecule has 0 bridgehead atoms. The summed E-state index contributed by atoms with van der Waals surface area (Å²) < 4.78 is 10.9. The maximum absolute atomic E-state index is 11.9. The van der Waals surface area contributed by atoms with Gasteiger partial charge in [0.15, 0.2) is 6.61 Å². The zero-order valence-electron chi connectivity index (χ0n) is 13.8. The van der Waals surface area contributed by atoms with Gasteiger partial charge in [0.1, 0.15) is 11.5 Å². The van der Waals surface area contributed by atoms with E-state index in [9.17, 15) is 4.79 Å². The van der Waals surface area contributed by atoms with E-state index in [-0.39, 0.29) is 12.5 Å². The molecule has 1 amide bonds. The van der Waals surface area contributed by atoms with Gasteiger partial charge in [0, 0.05) is 5.69 Å². The summed E-state index contributed by atoms with van der Waals surface area (Å²) in [6.45, 7) is 6.81. The first-order valence-corrected chi connectivity index (χ1v) is 7.84. The fourth-order valence-electron chi connectivity index (χ4n) is 2.10. The number of ether oxygens (including phenoxy) is 2. The Morgan fingerprint density at radius 3 is 2.09 bits per heavy atom. The van der Waals surface area contributed by atoms with Crippen LogP contribution in [0, 0.1) is 0 Å². The maximum Gasteiger partial charge on any atom is 0.262 e. The zero-order chi connectivity index (χ0) is 16.7. The molecule has 0 unspecified atom stereocenters. The molecule has 4 heteroatoms. The molecule has 0 spiro atoms. The van der Waals surface area contributed by atoms with Gasteiger partial charge in [0.2, 0.25) is 0 Å². The molecule has 0 atom stereocenters. The van der Waals surface area contributed by atoms with Crippen LogP contribution in [0.5, 0.6) is 11.5 Å². The molecule has 1 N–H and O–H groups in total. The quantitative estimate of drug-likeness (QED) is 0.832. The van der Waals surface area contributed by atoms with Gasteiger partial charge in [0.05, 0.1) is 6.61 Å². The number of rotatable bonds is 7. The Morgan fingerprint density at radius 2 is 1.52 bits per heavy atom. The average Bonchev–Trinajstić information content (AvgIpc) is 2.55. The van der Waals surface area contributed by atoms with Gasteiger partial charge in [-0.15, -0.1) is 0 Å². The second-order valence-electron chi connectivity index (χ2n) is 5.52. The predicted octanol–water partition coefficient (Wildman–Crippen LogP) is 4.23. The van der Waals surface area contributed by atoms with Crippen molar-refractivity contribution < 1.29 is 14.3 Å². The Bertz CT molecular complexity index is 618. The number of nitrogens with one attached hydrogen (secondary N) is 1. The Kier molecular flexibility index (Phi) is 6.03. The largest absolute Gasteiger partial charge is 0.494 e. The van der Waals surface area contributed by atoms with Crippen molar-refractivity contribution >= 4 is 11.6 Å². The summed E-state index contributed by atoms with van der Waals surface area (Å²) in [5, 5.41) is 2.79. The first kappa shape index (κ1) is 16.9. The highest BCUT2D eigenvalue weighted by molar-refractivity contribution is 5.91. The summed E-state index contributed by atoms with van der Waals surface area (Å²) >= 11 is 0. The molecule has 0 fully saturated rings. The normalized spacial score (nSPS) is 10.4. The molecule has 0 saturated carbocycles. The van der Waals surface area contributed by atoms with Crippen LogP contribution >= 0.6 is 0 Å². The summed E-state index contributed by atoms with van der Waals surface area (Å²) in [5.74, 6) is 1.76. The number of benzene rings is 2. The number of anilines is 1. The standard InChI is InChI=1S/C19H23NO3/c1-4-22-17-11-7-16(8-12-17)20-19(21)13-23-18-9-5-15(6-10-18)14(2)3/h5-12,14H,4,13H2,1-3H3,(H,20,21). The molecule has 0 heterocycles. The van der Waals surface area contributed by atoms with Crippen molar-refractivity contribution in [1.82, 2.24) is 0 Å². The van der Waals surface area contributed by atoms with Crippen LogP contribution in [0.2, 0.25) is 0 Å². The molecule has 0 radical (unpaired) electrons. The minimum absolute atomic E-state index is 0.0196. The van der Waals surface area contributed by atoms with Gasteiger partial charge in [-0.05, 0) is 54.8 Å². The lowest BCUT2D eigenvalue weighted by atomic mass is 10.0. The third kappa shape index (κ3) is 5.33. The molecule has 2 rings (SSSR count). The lowest BCUT2D eigenvalue weighted by molar-refractivity contribution is -0.118. The van der Waals surface area contributed by atoms with Gasteiger partial charge < -0.3 is 14.8 Å². The first-order chi connectivity index (χ1) is 11.1. The van der Waals surface area contributed by atoms with E-state index in [0.29, 0.717) is 18.3 Å². The molecule has 23 heavy (non-hydrogen) atoms. The molecular weight excluding hydrogens is 290 g/mol. The van der Waals surface area contributed by atoms with Crippen molar-refractivity contribution in [1.29, 1.82) is 0 Å². The van der Waals surface area contributed by atoms with Gasteiger partial charge in [-0.25, -0.2) is 0 Å². The molecule has 0 saturated heterocycles. The highest BCUT2D eigenvalue weighted by atomic mass is 16.5. The SMILES string of the molecule is CCOc1ccc(NC(=O)COc2ccc(C(C)C)cc2)cc1. The fourth-order valence-corrected chi connectivity index (χ4v) is 2.10. The van der Waals surface area contributed by atoms with Crippen LogP contribution in [-0.2, 0) is 4.79 Å². The number of amides is 1. The van der Waals surface area contributed by atoms with E-state index in [1.165, 1.54) is 5.56 Å². The van der Waals surface area contributed by atoms with E-state index in [2.05, 4.69) is 19.2 Å². The monoisotopic (exact) mass is 313 g/mol. The molecule has 122 valence electrons. The fraction of sp³-hybridized carbons (Fsp3) is 0.316. The predicted molar refractivity (Wildman–Crippen MR) is 92.3 cm³/mol. The summed E-state index contributed by atoms with van der Waals surface area (Å²) in [6, 6.07) is 15.1. The van der Waals surface area contributed by atoms with Gasteiger partial charge in [0.25, 0.3) is 5.91 Å². The summed E-state index contributed by atoms with van der Waals surface area (Å²) in [7, 11) is 0. The minimum Gasteiger partial charge on any atom is -0.494 e. The van der Waals surface area contributed by atoms with Crippen LogP contribution in [0.1, 0.15) is 32.3 Å². The van der Waals surface area contributed by atoms with Gasteiger partial charge in [-0.2, -0.15) is 0 Å². The van der Waals surface area contributed by atoms with E-state index in [0.717, 1.165) is 11.4 Å². The number of hydrogen-bond donors (Lipinski definition) is 1. The molecule has 2 aromatic carbocycles. The van der Waals surface area contributed by atoms with E-state index < -0.39 is 0 Å². The van der Waals surface area contributed by atoms with Crippen molar-refractivity contribution in [3.63, 3.8) is 0 Å². The molecule has 0 aliphatic rings. The second-order valence-corrected chi connectivity index (χ2v) is 5.52. The Morgan fingerprint density at radius 1 is 0.957 bits per heavy atom. The highest BCUT2D eigenvalue weighted by Crippen LogP contribution is 2.19. The third-order valence-electron chi connectivity index (χ3n) is 3.37. The first-order valence-electron chi connectivity index (χ1n) is 7.84. The van der Waals surface area contributed by atoms with Crippen LogP contribution < -0.4 is 14.8 Å². The van der Waals surface area contributed by atoms with Crippen LogP contribution in [0.3, 0.4) is 0 Å². The van der Waals surface area contributed by atoms with Crippen molar-refractivity contribution in [3.05, 3.63) is 54.1 Å². The van der Waals surface area contributed by atoms with E-state index in [1.54, 1.807) is 12.1 Å². The maximum atomic E-state index is 11.9. The number of carbonyl (C=O) groups is 1. The Labute approximate surface area is 137 Å². The lowest BCUT2D eigenvalue weighted by Crippen LogP contribution is -2.20. The van der Waals surface area contributed by atoms with Crippen molar-refractivity contribution in [2.24, 2.45) is 0 Å². The van der Waals surface area contributed by atoms with Crippen molar-refractivity contribution in [3.8, 4) is 11.5 Å². The minimum atomic E-state index is -0.193. The molecule has 2 aromatic rings. The topological polar surface area (TPSA) is 47.6 Å². The Hall–Kier alpha value is -2.49. The number of carbonyl (C=O) groups excluding carboxylic acids is 1. The van der Waals surface area contributed by atoms with Crippen molar-refractivity contribution in [2.75, 3.05) is 18.5 Å². The van der Waals surface area contributed by atoms with E-state index in [1.807, 2.05) is 43.3 Å². The number of hydrogen-bond acceptors (Lipinski definition) is 3. The molecule has 4 nitrogen and oxygen atoms in total. The highest BCUT2D eigenvalue weighted by Gasteiger charge is 2.05. The zero-order valence-corrected chi connectivity index (χ0v) is 13.8. The lowest BCUT2D eigenvalue weighted by Gasteiger charge is -2.10. The summed E-state index contributed by atoms with van der Waals surface area (Å²) in [5.41, 5.74) is 1.97. The second kappa shape index (κ2) is 8.22. The van der Waals surface area contributed by atoms with Crippen LogP contribution in [-0.4, -0.2) is 19.1 Å². The average molecular weight is 313 g/mol. The third-order valence-corrected chi connectivity index (χ3v) is 3.37. The van der Waals surface area contributed by atoms with Gasteiger partial charge in [-0.1, -0.05) is 26.0 Å². The summed E-state index contributed by atoms with van der Waals surface area (Å²) in [6.07, 6.45) is 0. The van der Waals surface area contributed by atoms with Crippen LogP contribution in [0.4, 0.5) is 5.69 Å². The molecule has 0 aromatic heterocycles. The van der Waals surface area contributed by atoms with Crippen LogP contribution in [0.25, 0.3) is 0 Å². The molecular formula is C19H23NO3. The Balaban J connectivity index is 1.82. The van der Waals surface area contributed by atoms with Crippen molar-refractivity contribution in [2.45, 2.75) is 26.7 Å². The van der Waals surface area contributed by atoms with E-state index in [4.69, 9.17) is 9.47 Å².